The Bertz CT molecular complexity index is 775. The average molecular weight is 398 g/mol. The number of anilines is 1. The van der Waals surface area contributed by atoms with Crippen molar-refractivity contribution in [1.82, 2.24) is 0 Å². The third kappa shape index (κ3) is 3.29. The van der Waals surface area contributed by atoms with Gasteiger partial charge < -0.3 is 0 Å². The standard InChI is InChI=1S/C10H6BrClN2O4S2/c11-9-3-4-10(19-9)20(17,18)13-7-2-1-6(12)5-8(7)14(15)16/h1-5,13H. The van der Waals surface area contributed by atoms with E-state index in [9.17, 15) is 18.5 Å². The van der Waals surface area contributed by atoms with Crippen molar-refractivity contribution in [1.29, 1.82) is 0 Å². The van der Waals surface area contributed by atoms with Crippen LogP contribution >= 0.6 is 38.9 Å². The molecule has 0 bridgehead atoms. The van der Waals surface area contributed by atoms with Crippen molar-refractivity contribution >= 4 is 60.3 Å². The van der Waals surface area contributed by atoms with Crippen LogP contribution in [0.1, 0.15) is 0 Å². The Kier molecular flexibility index (Phi) is 4.33. The first-order valence-electron chi connectivity index (χ1n) is 5.02. The largest absolute Gasteiger partial charge is 0.294 e. The lowest BCUT2D eigenvalue weighted by Crippen LogP contribution is -2.12. The molecule has 0 atom stereocenters. The maximum absolute atomic E-state index is 12.1. The lowest BCUT2D eigenvalue weighted by atomic mass is 10.3. The minimum Gasteiger partial charge on any atom is -0.272 e. The van der Waals surface area contributed by atoms with Crippen LogP contribution in [0.15, 0.2) is 38.3 Å². The van der Waals surface area contributed by atoms with E-state index in [1.807, 2.05) is 0 Å². The first-order chi connectivity index (χ1) is 9.29. The number of hydrogen-bond donors (Lipinski definition) is 1. The van der Waals surface area contributed by atoms with Crippen LogP contribution in [-0.2, 0) is 10.0 Å². The van der Waals surface area contributed by atoms with Gasteiger partial charge in [-0.15, -0.1) is 11.3 Å². The maximum atomic E-state index is 12.1. The van der Waals surface area contributed by atoms with Gasteiger partial charge in [0.25, 0.3) is 15.7 Å². The fourth-order valence-corrected chi connectivity index (χ4v) is 4.63. The number of nitro groups is 1. The van der Waals surface area contributed by atoms with E-state index in [1.165, 1.54) is 18.2 Å². The number of sulfonamides is 1. The summed E-state index contributed by atoms with van der Waals surface area (Å²) in [5.74, 6) is 0. The number of nitrogens with one attached hydrogen (secondary N) is 1. The van der Waals surface area contributed by atoms with Crippen LogP contribution in [0.3, 0.4) is 0 Å². The van der Waals surface area contributed by atoms with Crippen LogP contribution in [0.2, 0.25) is 5.02 Å². The van der Waals surface area contributed by atoms with Gasteiger partial charge in [0.05, 0.1) is 8.71 Å². The highest BCUT2D eigenvalue weighted by Crippen LogP contribution is 2.32. The molecule has 0 fully saturated rings. The molecule has 0 aliphatic rings. The van der Waals surface area contributed by atoms with E-state index in [-0.39, 0.29) is 14.9 Å². The molecule has 20 heavy (non-hydrogen) atoms. The summed E-state index contributed by atoms with van der Waals surface area (Å²) in [5.41, 5.74) is -0.541. The second-order valence-corrected chi connectivity index (χ2v) is 8.39. The van der Waals surface area contributed by atoms with Crippen molar-refractivity contribution in [2.24, 2.45) is 0 Å². The van der Waals surface area contributed by atoms with E-state index in [0.717, 1.165) is 17.4 Å². The fourth-order valence-electron chi connectivity index (χ4n) is 1.38. The van der Waals surface area contributed by atoms with Crippen molar-refractivity contribution in [2.45, 2.75) is 4.21 Å². The van der Waals surface area contributed by atoms with Gasteiger partial charge in [0.2, 0.25) is 0 Å². The first-order valence-corrected chi connectivity index (χ1v) is 8.49. The van der Waals surface area contributed by atoms with Crippen molar-refractivity contribution < 1.29 is 13.3 Å². The van der Waals surface area contributed by atoms with E-state index in [0.29, 0.717) is 3.79 Å². The second kappa shape index (κ2) is 5.68. The van der Waals surface area contributed by atoms with Crippen LogP contribution in [0, 0.1) is 10.1 Å². The number of halogens is 2. The van der Waals surface area contributed by atoms with Gasteiger partial charge in [-0.2, -0.15) is 0 Å². The molecule has 2 aromatic rings. The zero-order chi connectivity index (χ0) is 14.9. The summed E-state index contributed by atoms with van der Waals surface area (Å²) in [5, 5.41) is 11.1. The number of rotatable bonds is 4. The van der Waals surface area contributed by atoms with E-state index >= 15 is 0 Å². The molecule has 0 aliphatic heterocycles. The maximum Gasteiger partial charge on any atom is 0.294 e. The van der Waals surface area contributed by atoms with Crippen LogP contribution in [0.4, 0.5) is 11.4 Å². The van der Waals surface area contributed by atoms with Crippen molar-refractivity contribution in [2.75, 3.05) is 4.72 Å². The Balaban J connectivity index is 2.42. The number of nitro benzene ring substituents is 1. The summed E-state index contributed by atoms with van der Waals surface area (Å²) < 4.78 is 27.1. The summed E-state index contributed by atoms with van der Waals surface area (Å²) in [4.78, 5) is 10.2. The molecule has 1 aromatic heterocycles. The van der Waals surface area contributed by atoms with E-state index in [2.05, 4.69) is 20.7 Å². The Morgan fingerprint density at radius 3 is 2.55 bits per heavy atom. The molecule has 106 valence electrons. The van der Waals surface area contributed by atoms with Gasteiger partial charge in [0, 0.05) is 11.1 Å². The molecular formula is C10H6BrClN2O4S2. The normalized spacial score (nSPS) is 11.3. The van der Waals surface area contributed by atoms with E-state index < -0.39 is 20.6 Å². The van der Waals surface area contributed by atoms with Gasteiger partial charge in [-0.3, -0.25) is 14.8 Å². The van der Waals surface area contributed by atoms with Gasteiger partial charge in [0.15, 0.2) is 0 Å². The molecule has 0 amide bonds. The van der Waals surface area contributed by atoms with E-state index in [1.54, 1.807) is 6.07 Å². The molecule has 0 radical (unpaired) electrons. The van der Waals surface area contributed by atoms with Crippen molar-refractivity contribution in [3.8, 4) is 0 Å². The molecule has 10 heteroatoms. The summed E-state index contributed by atoms with van der Waals surface area (Å²) >= 11 is 9.83. The minimum absolute atomic E-state index is 0.0497. The number of benzene rings is 1. The molecule has 0 aliphatic carbocycles. The van der Waals surface area contributed by atoms with Gasteiger partial charge in [-0.05, 0) is 40.2 Å². The zero-order valence-electron chi connectivity index (χ0n) is 9.54. The molecule has 1 aromatic carbocycles. The Hall–Kier alpha value is -1.16. The molecular weight excluding hydrogens is 392 g/mol. The predicted octanol–water partition coefficient (Wildman–Crippen LogP) is 3.87. The third-order valence-corrected chi connectivity index (χ3v) is 5.93. The molecule has 0 spiro atoms. The number of nitrogens with zero attached hydrogens (tertiary/aromatic N) is 1. The molecule has 1 heterocycles. The van der Waals surface area contributed by atoms with Crippen LogP contribution in [0.25, 0.3) is 0 Å². The number of hydrogen-bond acceptors (Lipinski definition) is 5. The lowest BCUT2D eigenvalue weighted by molar-refractivity contribution is -0.383. The minimum atomic E-state index is -3.87. The summed E-state index contributed by atoms with van der Waals surface area (Å²) in [6, 6.07) is 6.69. The molecule has 0 saturated heterocycles. The van der Waals surface area contributed by atoms with E-state index in [4.69, 9.17) is 11.6 Å². The van der Waals surface area contributed by atoms with Gasteiger partial charge >= 0.3 is 0 Å². The second-order valence-electron chi connectivity index (χ2n) is 3.58. The summed E-state index contributed by atoms with van der Waals surface area (Å²) in [6.45, 7) is 0. The lowest BCUT2D eigenvalue weighted by Gasteiger charge is -2.07. The summed E-state index contributed by atoms with van der Waals surface area (Å²) in [6.07, 6.45) is 0. The highest BCUT2D eigenvalue weighted by Gasteiger charge is 2.22. The quantitative estimate of drug-likeness (QED) is 0.626. The molecule has 2 rings (SSSR count). The van der Waals surface area contributed by atoms with Crippen molar-refractivity contribution in [3.63, 3.8) is 0 Å². The van der Waals surface area contributed by atoms with Gasteiger partial charge in [-0.1, -0.05) is 11.6 Å². The Labute approximate surface area is 131 Å². The monoisotopic (exact) mass is 396 g/mol. The molecule has 1 N–H and O–H groups in total. The highest BCUT2D eigenvalue weighted by atomic mass is 79.9. The zero-order valence-corrected chi connectivity index (χ0v) is 13.5. The Morgan fingerprint density at radius 2 is 2.00 bits per heavy atom. The SMILES string of the molecule is O=[N+]([O-])c1cc(Cl)ccc1NS(=O)(=O)c1ccc(Br)s1. The van der Waals surface area contributed by atoms with Gasteiger partial charge in [-0.25, -0.2) is 8.42 Å². The third-order valence-electron chi connectivity index (χ3n) is 2.21. The van der Waals surface area contributed by atoms with Crippen LogP contribution in [0.5, 0.6) is 0 Å². The summed E-state index contributed by atoms with van der Waals surface area (Å²) in [7, 11) is -3.87. The molecule has 0 unspecified atom stereocenters. The Morgan fingerprint density at radius 1 is 1.30 bits per heavy atom. The number of thiophene rings is 1. The average Bonchev–Trinajstić information content (AvgIpc) is 2.78. The van der Waals surface area contributed by atoms with Crippen LogP contribution < -0.4 is 4.72 Å². The van der Waals surface area contributed by atoms with Gasteiger partial charge in [0.1, 0.15) is 9.90 Å². The molecule has 6 nitrogen and oxygen atoms in total. The predicted molar refractivity (Wildman–Crippen MR) is 80.9 cm³/mol. The topological polar surface area (TPSA) is 89.3 Å². The smallest absolute Gasteiger partial charge is 0.272 e. The fraction of sp³-hybridized carbons (Fsp3) is 0. The first kappa shape index (κ1) is 15.2. The highest BCUT2D eigenvalue weighted by molar-refractivity contribution is 9.11. The molecule has 0 saturated carbocycles. The van der Waals surface area contributed by atoms with Crippen LogP contribution in [-0.4, -0.2) is 13.3 Å². The van der Waals surface area contributed by atoms with Crippen molar-refractivity contribution in [3.05, 3.63) is 49.3 Å².